The van der Waals surface area contributed by atoms with Gasteiger partial charge in [0, 0.05) is 12.2 Å². The molecule has 1 saturated heterocycles. The van der Waals surface area contributed by atoms with Gasteiger partial charge in [0.25, 0.3) is 0 Å². The highest BCUT2D eigenvalue weighted by molar-refractivity contribution is 7.90. The summed E-state index contributed by atoms with van der Waals surface area (Å²) < 4.78 is 28.0. The van der Waals surface area contributed by atoms with Gasteiger partial charge in [-0.2, -0.15) is 18.0 Å². The fourth-order valence-electron chi connectivity index (χ4n) is 2.26. The first-order chi connectivity index (χ1) is 9.94. The lowest BCUT2D eigenvalue weighted by Gasteiger charge is -2.31. The second kappa shape index (κ2) is 6.11. The number of carboxylic acids is 1. The Hall–Kier alpha value is -2.11. The van der Waals surface area contributed by atoms with Gasteiger partial charge in [-0.05, 0) is 43.5 Å². The predicted octanol–water partition coefficient (Wildman–Crippen LogP) is 1.15. The summed E-state index contributed by atoms with van der Waals surface area (Å²) in [6.07, 6.45) is 1.64. The molecule has 8 heteroatoms. The summed E-state index contributed by atoms with van der Waals surface area (Å²) in [7, 11) is -3.93. The molecule has 0 bridgehead atoms. The number of anilines is 1. The van der Waals surface area contributed by atoms with Gasteiger partial charge < -0.3 is 5.11 Å². The van der Waals surface area contributed by atoms with E-state index < -0.39 is 22.2 Å². The summed E-state index contributed by atoms with van der Waals surface area (Å²) in [6.45, 7) is 0.183. The van der Waals surface area contributed by atoms with Crippen molar-refractivity contribution in [1.29, 1.82) is 5.26 Å². The fourth-order valence-corrected chi connectivity index (χ4v) is 3.71. The zero-order valence-corrected chi connectivity index (χ0v) is 12.0. The first-order valence-corrected chi connectivity index (χ1v) is 7.90. The zero-order valence-electron chi connectivity index (χ0n) is 11.2. The van der Waals surface area contributed by atoms with Crippen LogP contribution in [0.25, 0.3) is 0 Å². The minimum Gasteiger partial charge on any atom is -0.480 e. The van der Waals surface area contributed by atoms with Crippen LogP contribution in [0, 0.1) is 11.3 Å². The summed E-state index contributed by atoms with van der Waals surface area (Å²) in [5, 5.41) is 17.8. The Morgan fingerprint density at radius 2 is 2.00 bits per heavy atom. The van der Waals surface area contributed by atoms with Gasteiger partial charge in [0.1, 0.15) is 6.04 Å². The average Bonchev–Trinajstić information content (AvgIpc) is 2.47. The second-order valence-corrected chi connectivity index (χ2v) is 6.38. The van der Waals surface area contributed by atoms with E-state index in [0.717, 1.165) is 4.31 Å². The lowest BCUT2D eigenvalue weighted by Crippen LogP contribution is -2.49. The Bertz CT molecular complexity index is 664. The molecule has 1 fully saturated rings. The molecule has 0 saturated carbocycles. The summed E-state index contributed by atoms with van der Waals surface area (Å²) in [5.41, 5.74) is 0.711. The minimum atomic E-state index is -3.93. The normalized spacial score (nSPS) is 19.7. The number of carboxylic acid groups (broad SMARTS) is 1. The van der Waals surface area contributed by atoms with Crippen LogP contribution in [0.15, 0.2) is 24.3 Å². The van der Waals surface area contributed by atoms with Crippen LogP contribution in [-0.4, -0.2) is 36.4 Å². The summed E-state index contributed by atoms with van der Waals surface area (Å²) >= 11 is 0. The Balaban J connectivity index is 2.20. The molecule has 0 amide bonds. The maximum Gasteiger partial charge on any atom is 0.322 e. The summed E-state index contributed by atoms with van der Waals surface area (Å²) in [6, 6.07) is 6.82. The Labute approximate surface area is 123 Å². The molecule has 1 aliphatic heterocycles. The Morgan fingerprint density at radius 3 is 2.57 bits per heavy atom. The number of carbonyl (C=O) groups is 1. The number of benzene rings is 1. The number of hydrogen-bond donors (Lipinski definition) is 2. The highest BCUT2D eigenvalue weighted by Gasteiger charge is 2.36. The minimum absolute atomic E-state index is 0.183. The molecule has 1 aromatic rings. The lowest BCUT2D eigenvalue weighted by molar-refractivity contribution is -0.142. The van der Waals surface area contributed by atoms with Crippen molar-refractivity contribution < 1.29 is 18.3 Å². The molecular weight excluding hydrogens is 294 g/mol. The smallest absolute Gasteiger partial charge is 0.322 e. The van der Waals surface area contributed by atoms with Gasteiger partial charge in [-0.3, -0.25) is 9.52 Å². The predicted molar refractivity (Wildman–Crippen MR) is 75.7 cm³/mol. The van der Waals surface area contributed by atoms with Gasteiger partial charge in [0.15, 0.2) is 0 Å². The highest BCUT2D eigenvalue weighted by Crippen LogP contribution is 2.22. The molecule has 2 N–H and O–H groups in total. The standard InChI is InChI=1S/C13H15N3O4S/c14-9-10-4-6-11(7-5-10)15-21(19,20)16-8-2-1-3-12(16)13(17)18/h4-7,12,15H,1-3,8H2,(H,17,18). The number of rotatable bonds is 4. The van der Waals surface area contributed by atoms with E-state index >= 15 is 0 Å². The van der Waals surface area contributed by atoms with E-state index in [0.29, 0.717) is 30.5 Å². The molecule has 1 aromatic carbocycles. The quantitative estimate of drug-likeness (QED) is 0.867. The topological polar surface area (TPSA) is 111 Å². The number of nitrogens with one attached hydrogen (secondary N) is 1. The average molecular weight is 309 g/mol. The van der Waals surface area contributed by atoms with Gasteiger partial charge in [0.2, 0.25) is 0 Å². The van der Waals surface area contributed by atoms with Crippen molar-refractivity contribution in [1.82, 2.24) is 4.31 Å². The molecule has 2 rings (SSSR count). The number of nitrogens with zero attached hydrogens (tertiary/aromatic N) is 2. The van der Waals surface area contributed by atoms with Crippen LogP contribution in [-0.2, 0) is 15.0 Å². The van der Waals surface area contributed by atoms with Crippen LogP contribution in [0.2, 0.25) is 0 Å². The number of nitriles is 1. The van der Waals surface area contributed by atoms with Crippen molar-refractivity contribution >= 4 is 21.9 Å². The van der Waals surface area contributed by atoms with E-state index in [-0.39, 0.29) is 6.54 Å². The van der Waals surface area contributed by atoms with E-state index in [2.05, 4.69) is 4.72 Å². The van der Waals surface area contributed by atoms with Crippen molar-refractivity contribution in [3.63, 3.8) is 0 Å². The summed E-state index contributed by atoms with van der Waals surface area (Å²) in [5.74, 6) is -1.14. The van der Waals surface area contributed by atoms with Crippen LogP contribution in [0.5, 0.6) is 0 Å². The third-order valence-corrected chi connectivity index (χ3v) is 4.86. The van der Waals surface area contributed by atoms with Crippen LogP contribution in [0.3, 0.4) is 0 Å². The fraction of sp³-hybridized carbons (Fsp3) is 0.385. The molecule has 0 aliphatic carbocycles. The molecule has 21 heavy (non-hydrogen) atoms. The SMILES string of the molecule is N#Cc1ccc(NS(=O)(=O)N2CCCCC2C(=O)O)cc1. The van der Waals surface area contributed by atoms with Gasteiger partial charge >= 0.3 is 16.2 Å². The third kappa shape index (κ3) is 3.51. The third-order valence-electron chi connectivity index (χ3n) is 3.31. The molecule has 0 radical (unpaired) electrons. The molecule has 1 atom stereocenters. The Kier molecular flexibility index (Phi) is 4.45. The second-order valence-electron chi connectivity index (χ2n) is 4.76. The molecule has 0 spiro atoms. The first-order valence-electron chi connectivity index (χ1n) is 6.46. The number of piperidine rings is 1. The van der Waals surface area contributed by atoms with Gasteiger partial charge in [-0.15, -0.1) is 0 Å². The van der Waals surface area contributed by atoms with Crippen molar-refractivity contribution in [2.75, 3.05) is 11.3 Å². The molecule has 1 heterocycles. The Morgan fingerprint density at radius 1 is 1.33 bits per heavy atom. The molecule has 7 nitrogen and oxygen atoms in total. The summed E-state index contributed by atoms with van der Waals surface area (Å²) in [4.78, 5) is 11.2. The number of hydrogen-bond acceptors (Lipinski definition) is 4. The van der Waals surface area contributed by atoms with Gasteiger partial charge in [-0.1, -0.05) is 0 Å². The molecule has 0 aromatic heterocycles. The number of aliphatic carboxylic acids is 1. The van der Waals surface area contributed by atoms with E-state index in [1.807, 2.05) is 6.07 Å². The first kappa shape index (κ1) is 15.3. The molecular formula is C13H15N3O4S. The monoisotopic (exact) mass is 309 g/mol. The largest absolute Gasteiger partial charge is 0.480 e. The van der Waals surface area contributed by atoms with Crippen LogP contribution < -0.4 is 4.72 Å². The van der Waals surface area contributed by atoms with Crippen molar-refractivity contribution in [2.45, 2.75) is 25.3 Å². The maximum atomic E-state index is 12.3. The zero-order chi connectivity index (χ0) is 15.5. The van der Waals surface area contributed by atoms with Gasteiger partial charge in [-0.25, -0.2) is 0 Å². The maximum absolute atomic E-state index is 12.3. The van der Waals surface area contributed by atoms with Crippen molar-refractivity contribution in [2.24, 2.45) is 0 Å². The van der Waals surface area contributed by atoms with E-state index in [4.69, 9.17) is 10.4 Å². The van der Waals surface area contributed by atoms with Crippen LogP contribution in [0.1, 0.15) is 24.8 Å². The molecule has 1 unspecified atom stereocenters. The van der Waals surface area contributed by atoms with Crippen molar-refractivity contribution in [3.8, 4) is 6.07 Å². The molecule has 1 aliphatic rings. The van der Waals surface area contributed by atoms with Crippen molar-refractivity contribution in [3.05, 3.63) is 29.8 Å². The molecule has 112 valence electrons. The van der Waals surface area contributed by atoms with E-state index in [9.17, 15) is 13.2 Å². The lowest BCUT2D eigenvalue weighted by atomic mass is 10.1. The van der Waals surface area contributed by atoms with Crippen LogP contribution >= 0.6 is 0 Å². The van der Waals surface area contributed by atoms with Gasteiger partial charge in [0.05, 0.1) is 11.6 Å². The van der Waals surface area contributed by atoms with Crippen LogP contribution in [0.4, 0.5) is 5.69 Å². The van der Waals surface area contributed by atoms with E-state index in [1.54, 1.807) is 0 Å². The van der Waals surface area contributed by atoms with E-state index in [1.165, 1.54) is 24.3 Å². The highest BCUT2D eigenvalue weighted by atomic mass is 32.2.